The summed E-state index contributed by atoms with van der Waals surface area (Å²) in [7, 11) is 1.60. The van der Waals surface area contributed by atoms with E-state index in [0.717, 1.165) is 11.3 Å². The third kappa shape index (κ3) is 3.75. The van der Waals surface area contributed by atoms with Crippen LogP contribution in [-0.2, 0) is 6.61 Å². The van der Waals surface area contributed by atoms with Crippen LogP contribution in [0.3, 0.4) is 0 Å². The van der Waals surface area contributed by atoms with Crippen molar-refractivity contribution in [1.82, 2.24) is 4.98 Å². The van der Waals surface area contributed by atoms with E-state index in [9.17, 15) is 0 Å². The van der Waals surface area contributed by atoms with Crippen LogP contribution in [0, 0.1) is 6.92 Å². The van der Waals surface area contributed by atoms with Gasteiger partial charge in [-0.1, -0.05) is 29.3 Å². The summed E-state index contributed by atoms with van der Waals surface area (Å²) in [5, 5.41) is 1.04. The zero-order valence-electron chi connectivity index (χ0n) is 10.6. The van der Waals surface area contributed by atoms with Crippen LogP contribution in [0.25, 0.3) is 0 Å². The van der Waals surface area contributed by atoms with E-state index in [2.05, 4.69) is 4.98 Å². The third-order valence-electron chi connectivity index (χ3n) is 2.54. The number of rotatable bonds is 4. The molecule has 100 valence electrons. The molecule has 3 nitrogen and oxygen atoms in total. The summed E-state index contributed by atoms with van der Waals surface area (Å²) in [5.74, 6) is 1.37. The summed E-state index contributed by atoms with van der Waals surface area (Å²) in [6, 6.07) is 8.93. The van der Waals surface area contributed by atoms with E-state index < -0.39 is 0 Å². The number of aromatic nitrogens is 1. The van der Waals surface area contributed by atoms with Gasteiger partial charge in [-0.05, 0) is 19.1 Å². The van der Waals surface area contributed by atoms with Gasteiger partial charge in [-0.3, -0.25) is 0 Å². The molecule has 0 bridgehead atoms. The molecule has 0 amide bonds. The standard InChI is InChI=1S/C14H13Cl2NO2/c1-9-5-12(7-14(16)17-9)19-8-10-3-4-11(15)6-13(10)18-2/h3-7H,8H2,1-2H3. The number of ether oxygens (including phenoxy) is 2. The Balaban J connectivity index is 2.14. The maximum absolute atomic E-state index is 5.91. The Morgan fingerprint density at radius 3 is 2.63 bits per heavy atom. The SMILES string of the molecule is COc1cc(Cl)ccc1COc1cc(C)nc(Cl)c1. The molecule has 0 aliphatic heterocycles. The largest absolute Gasteiger partial charge is 0.496 e. The lowest BCUT2D eigenvalue weighted by Gasteiger charge is -2.11. The Labute approximate surface area is 122 Å². The first-order valence-electron chi connectivity index (χ1n) is 5.68. The first-order chi connectivity index (χ1) is 9.08. The summed E-state index contributed by atoms with van der Waals surface area (Å²) >= 11 is 11.8. The van der Waals surface area contributed by atoms with Crippen LogP contribution in [0.4, 0.5) is 0 Å². The zero-order chi connectivity index (χ0) is 13.8. The number of benzene rings is 1. The fourth-order valence-electron chi connectivity index (χ4n) is 1.68. The summed E-state index contributed by atoms with van der Waals surface area (Å²) in [6.45, 7) is 2.24. The summed E-state index contributed by atoms with van der Waals surface area (Å²) in [4.78, 5) is 4.08. The first kappa shape index (κ1) is 14.0. The van der Waals surface area contributed by atoms with Crippen LogP contribution in [-0.4, -0.2) is 12.1 Å². The predicted molar refractivity (Wildman–Crippen MR) is 76.3 cm³/mol. The number of methoxy groups -OCH3 is 1. The molecule has 0 aliphatic carbocycles. The number of nitrogens with zero attached hydrogens (tertiary/aromatic N) is 1. The maximum atomic E-state index is 5.91. The molecule has 0 radical (unpaired) electrons. The third-order valence-corrected chi connectivity index (χ3v) is 2.97. The van der Waals surface area contributed by atoms with Crippen LogP contribution in [0.15, 0.2) is 30.3 Å². The van der Waals surface area contributed by atoms with Crippen LogP contribution in [0.1, 0.15) is 11.3 Å². The van der Waals surface area contributed by atoms with Gasteiger partial charge in [0.25, 0.3) is 0 Å². The Morgan fingerprint density at radius 1 is 1.16 bits per heavy atom. The van der Waals surface area contributed by atoms with Crippen molar-refractivity contribution in [2.75, 3.05) is 7.11 Å². The Bertz CT molecular complexity index is 567. The van der Waals surface area contributed by atoms with Gasteiger partial charge in [0, 0.05) is 28.4 Å². The fraction of sp³-hybridized carbons (Fsp3) is 0.214. The van der Waals surface area contributed by atoms with E-state index in [1.165, 1.54) is 0 Å². The van der Waals surface area contributed by atoms with E-state index in [-0.39, 0.29) is 0 Å². The van der Waals surface area contributed by atoms with E-state index >= 15 is 0 Å². The molecule has 0 atom stereocenters. The van der Waals surface area contributed by atoms with Crippen LogP contribution < -0.4 is 9.47 Å². The van der Waals surface area contributed by atoms with E-state index in [1.54, 1.807) is 25.3 Å². The molecule has 0 fully saturated rings. The highest BCUT2D eigenvalue weighted by atomic mass is 35.5. The van der Waals surface area contributed by atoms with Gasteiger partial charge in [0.2, 0.25) is 0 Å². The molecule has 0 saturated heterocycles. The second kappa shape index (κ2) is 6.13. The molecule has 1 heterocycles. The molecule has 0 saturated carbocycles. The van der Waals surface area contributed by atoms with Crippen molar-refractivity contribution in [3.05, 3.63) is 51.8 Å². The van der Waals surface area contributed by atoms with Crippen molar-refractivity contribution in [2.24, 2.45) is 0 Å². The van der Waals surface area contributed by atoms with E-state index in [4.69, 9.17) is 32.7 Å². The smallest absolute Gasteiger partial charge is 0.133 e. The molecular formula is C14H13Cl2NO2. The van der Waals surface area contributed by atoms with Crippen LogP contribution >= 0.6 is 23.2 Å². The second-order valence-electron chi connectivity index (χ2n) is 4.01. The van der Waals surface area contributed by atoms with Crippen molar-refractivity contribution in [2.45, 2.75) is 13.5 Å². The van der Waals surface area contributed by atoms with E-state index in [0.29, 0.717) is 28.3 Å². The lowest BCUT2D eigenvalue weighted by atomic mass is 10.2. The summed E-state index contributed by atoms with van der Waals surface area (Å²) < 4.78 is 10.9. The van der Waals surface area contributed by atoms with Gasteiger partial charge < -0.3 is 9.47 Å². The Hall–Kier alpha value is -1.45. The van der Waals surface area contributed by atoms with Gasteiger partial charge in [0.15, 0.2) is 0 Å². The average molecular weight is 298 g/mol. The van der Waals surface area contributed by atoms with Gasteiger partial charge in [-0.15, -0.1) is 0 Å². The lowest BCUT2D eigenvalue weighted by molar-refractivity contribution is 0.296. The molecule has 0 N–H and O–H groups in total. The monoisotopic (exact) mass is 297 g/mol. The quantitative estimate of drug-likeness (QED) is 0.789. The number of pyridine rings is 1. The molecule has 5 heteroatoms. The molecule has 2 rings (SSSR count). The minimum absolute atomic E-state index is 0.375. The highest BCUT2D eigenvalue weighted by Crippen LogP contribution is 2.25. The number of hydrogen-bond donors (Lipinski definition) is 0. The number of hydrogen-bond acceptors (Lipinski definition) is 3. The highest BCUT2D eigenvalue weighted by molar-refractivity contribution is 6.30. The summed E-state index contributed by atoms with van der Waals surface area (Å²) in [6.07, 6.45) is 0. The zero-order valence-corrected chi connectivity index (χ0v) is 12.1. The minimum atomic E-state index is 0.375. The predicted octanol–water partition coefficient (Wildman–Crippen LogP) is 4.28. The van der Waals surface area contributed by atoms with Crippen molar-refractivity contribution >= 4 is 23.2 Å². The molecular weight excluding hydrogens is 285 g/mol. The fourth-order valence-corrected chi connectivity index (χ4v) is 2.08. The van der Waals surface area contributed by atoms with E-state index in [1.807, 2.05) is 19.1 Å². The van der Waals surface area contributed by atoms with Crippen molar-refractivity contribution in [3.63, 3.8) is 0 Å². The Morgan fingerprint density at radius 2 is 1.95 bits per heavy atom. The molecule has 0 spiro atoms. The maximum Gasteiger partial charge on any atom is 0.133 e. The first-order valence-corrected chi connectivity index (χ1v) is 6.43. The summed E-state index contributed by atoms with van der Waals surface area (Å²) in [5.41, 5.74) is 1.73. The van der Waals surface area contributed by atoms with Gasteiger partial charge >= 0.3 is 0 Å². The minimum Gasteiger partial charge on any atom is -0.496 e. The average Bonchev–Trinajstić information content (AvgIpc) is 2.36. The van der Waals surface area contributed by atoms with Gasteiger partial charge in [0.05, 0.1) is 7.11 Å². The molecule has 19 heavy (non-hydrogen) atoms. The molecule has 1 aromatic carbocycles. The van der Waals surface area contributed by atoms with Crippen LogP contribution in [0.5, 0.6) is 11.5 Å². The lowest BCUT2D eigenvalue weighted by Crippen LogP contribution is -1.99. The number of halogens is 2. The van der Waals surface area contributed by atoms with Crippen LogP contribution in [0.2, 0.25) is 10.2 Å². The molecule has 2 aromatic rings. The number of aryl methyl sites for hydroxylation is 1. The molecule has 0 aliphatic rings. The molecule has 1 aromatic heterocycles. The Kier molecular flexibility index (Phi) is 4.51. The van der Waals surface area contributed by atoms with Gasteiger partial charge in [-0.25, -0.2) is 4.98 Å². The molecule has 0 unspecified atom stereocenters. The van der Waals surface area contributed by atoms with Gasteiger partial charge in [0.1, 0.15) is 23.3 Å². The van der Waals surface area contributed by atoms with Crippen molar-refractivity contribution < 1.29 is 9.47 Å². The van der Waals surface area contributed by atoms with Crippen molar-refractivity contribution in [1.29, 1.82) is 0 Å². The topological polar surface area (TPSA) is 31.4 Å². The van der Waals surface area contributed by atoms with Crippen molar-refractivity contribution in [3.8, 4) is 11.5 Å². The normalized spacial score (nSPS) is 10.3. The second-order valence-corrected chi connectivity index (χ2v) is 4.84. The van der Waals surface area contributed by atoms with Gasteiger partial charge in [-0.2, -0.15) is 0 Å². The highest BCUT2D eigenvalue weighted by Gasteiger charge is 2.06.